The van der Waals surface area contributed by atoms with Gasteiger partial charge >= 0.3 is 0 Å². The fourth-order valence-electron chi connectivity index (χ4n) is 3.10. The molecule has 5 heteroatoms. The predicted molar refractivity (Wildman–Crippen MR) is 97.7 cm³/mol. The molecule has 1 amide bonds. The topological polar surface area (TPSA) is 42.4 Å². The van der Waals surface area contributed by atoms with Crippen LogP contribution < -0.4 is 4.74 Å². The molecule has 0 aliphatic carbocycles. The van der Waals surface area contributed by atoms with Gasteiger partial charge in [0.05, 0.1) is 12.1 Å². The summed E-state index contributed by atoms with van der Waals surface area (Å²) in [6, 6.07) is 15.7. The molecule has 1 aliphatic rings. The van der Waals surface area contributed by atoms with E-state index in [0.717, 1.165) is 27.6 Å². The van der Waals surface area contributed by atoms with Crippen molar-refractivity contribution in [2.75, 3.05) is 6.61 Å². The van der Waals surface area contributed by atoms with Crippen molar-refractivity contribution in [3.05, 3.63) is 70.2 Å². The number of hydrogen-bond acceptors (Lipinski definition) is 3. The Bertz CT molecular complexity index is 971. The van der Waals surface area contributed by atoms with Gasteiger partial charge in [-0.25, -0.2) is 4.98 Å². The highest BCUT2D eigenvalue weighted by Crippen LogP contribution is 2.28. The molecule has 4 rings (SSSR count). The van der Waals surface area contributed by atoms with Gasteiger partial charge in [0.25, 0.3) is 5.91 Å². The number of pyridine rings is 1. The molecule has 126 valence electrons. The molecule has 4 nitrogen and oxygen atoms in total. The number of fused-ring (bicyclic) bond motifs is 2. The van der Waals surface area contributed by atoms with Crippen molar-refractivity contribution in [3.63, 3.8) is 0 Å². The molecule has 0 atom stereocenters. The Morgan fingerprint density at radius 2 is 2.04 bits per heavy atom. The minimum Gasteiger partial charge on any atom is -0.467 e. The smallest absolute Gasteiger partial charge is 0.261 e. The predicted octanol–water partition coefficient (Wildman–Crippen LogP) is 4.12. The number of aryl methyl sites for hydroxylation is 1. The molecule has 1 aromatic heterocycles. The molecule has 0 fully saturated rings. The molecule has 0 N–H and O–H groups in total. The highest BCUT2D eigenvalue weighted by atomic mass is 35.5. The molecule has 3 aromatic rings. The van der Waals surface area contributed by atoms with E-state index < -0.39 is 0 Å². The highest BCUT2D eigenvalue weighted by molar-refractivity contribution is 6.31. The van der Waals surface area contributed by atoms with Gasteiger partial charge in [-0.05, 0) is 30.2 Å². The Labute approximate surface area is 151 Å². The normalized spacial score (nSPS) is 14.2. The number of halogens is 1. The van der Waals surface area contributed by atoms with E-state index in [1.54, 1.807) is 4.90 Å². The number of rotatable bonds is 2. The van der Waals surface area contributed by atoms with E-state index in [0.29, 0.717) is 24.0 Å². The van der Waals surface area contributed by atoms with Crippen LogP contribution in [-0.4, -0.2) is 22.4 Å². The molecule has 0 spiro atoms. The maximum Gasteiger partial charge on any atom is 0.261 e. The molecule has 1 aliphatic heterocycles. The maximum absolute atomic E-state index is 12.5. The van der Waals surface area contributed by atoms with E-state index in [1.165, 1.54) is 0 Å². The molecule has 2 aromatic carbocycles. The zero-order valence-electron chi connectivity index (χ0n) is 13.8. The Hall–Kier alpha value is -2.59. The molecule has 0 saturated heterocycles. The molecule has 0 radical (unpaired) electrons. The van der Waals surface area contributed by atoms with Crippen molar-refractivity contribution < 1.29 is 9.53 Å². The minimum absolute atomic E-state index is 0.0121. The molecule has 0 bridgehead atoms. The Morgan fingerprint density at radius 3 is 2.88 bits per heavy atom. The summed E-state index contributed by atoms with van der Waals surface area (Å²) in [6.07, 6.45) is 0. The average molecular weight is 353 g/mol. The average Bonchev–Trinajstić information content (AvgIpc) is 2.75. The number of benzene rings is 2. The van der Waals surface area contributed by atoms with Gasteiger partial charge in [0.15, 0.2) is 6.61 Å². The summed E-state index contributed by atoms with van der Waals surface area (Å²) in [5.74, 6) is 0.468. The van der Waals surface area contributed by atoms with E-state index in [-0.39, 0.29) is 12.5 Å². The second-order valence-electron chi connectivity index (χ2n) is 6.23. The molecular weight excluding hydrogens is 336 g/mol. The first kappa shape index (κ1) is 15.9. The van der Waals surface area contributed by atoms with Crippen molar-refractivity contribution in [1.29, 1.82) is 0 Å². The first-order valence-corrected chi connectivity index (χ1v) is 8.53. The van der Waals surface area contributed by atoms with Crippen LogP contribution in [0.1, 0.15) is 16.7 Å². The number of aromatic nitrogens is 1. The Balaban J connectivity index is 1.71. The van der Waals surface area contributed by atoms with Crippen LogP contribution in [0, 0.1) is 6.92 Å². The maximum atomic E-state index is 12.5. The molecule has 0 unspecified atom stereocenters. The number of para-hydroxylation sites is 1. The van der Waals surface area contributed by atoms with E-state index in [9.17, 15) is 4.79 Å². The Kier molecular flexibility index (Phi) is 4.06. The van der Waals surface area contributed by atoms with Crippen LogP contribution in [0.5, 0.6) is 5.88 Å². The van der Waals surface area contributed by atoms with Gasteiger partial charge in [-0.15, -0.1) is 0 Å². The van der Waals surface area contributed by atoms with Gasteiger partial charge in [-0.1, -0.05) is 48.0 Å². The second-order valence-corrected chi connectivity index (χ2v) is 6.64. The monoisotopic (exact) mass is 352 g/mol. The standard InChI is InChI=1S/C20H17ClN2O2/c1-13-5-4-7-14-9-16-11-23(10-15-6-2-3-8-17(15)21)18(24)12-25-20(16)22-19(13)14/h2-9H,10-12H2,1H3. The number of carbonyl (C=O) groups excluding carboxylic acids is 1. The fourth-order valence-corrected chi connectivity index (χ4v) is 3.30. The van der Waals surface area contributed by atoms with Crippen LogP contribution in [0.15, 0.2) is 48.5 Å². The minimum atomic E-state index is -0.0707. The van der Waals surface area contributed by atoms with Gasteiger partial charge in [0.2, 0.25) is 5.88 Å². The third kappa shape index (κ3) is 3.05. The zero-order chi connectivity index (χ0) is 17.4. The van der Waals surface area contributed by atoms with Crippen molar-refractivity contribution >= 4 is 28.4 Å². The van der Waals surface area contributed by atoms with Gasteiger partial charge in [-0.2, -0.15) is 0 Å². The summed E-state index contributed by atoms with van der Waals surface area (Å²) in [6.45, 7) is 2.92. The number of nitrogens with zero attached hydrogens (tertiary/aromatic N) is 2. The van der Waals surface area contributed by atoms with E-state index >= 15 is 0 Å². The lowest BCUT2D eigenvalue weighted by atomic mass is 10.1. The van der Waals surface area contributed by atoms with Crippen LogP contribution in [0.25, 0.3) is 10.9 Å². The quantitative estimate of drug-likeness (QED) is 0.696. The van der Waals surface area contributed by atoms with Crippen LogP contribution >= 0.6 is 11.6 Å². The molecule has 0 saturated carbocycles. The van der Waals surface area contributed by atoms with Crippen molar-refractivity contribution in [3.8, 4) is 5.88 Å². The number of amides is 1. The lowest BCUT2D eigenvalue weighted by molar-refractivity contribution is -0.133. The number of ether oxygens (including phenoxy) is 1. The van der Waals surface area contributed by atoms with Gasteiger partial charge in [0, 0.05) is 22.5 Å². The van der Waals surface area contributed by atoms with E-state index in [4.69, 9.17) is 16.3 Å². The number of hydrogen-bond donors (Lipinski definition) is 0. The summed E-state index contributed by atoms with van der Waals surface area (Å²) in [7, 11) is 0. The van der Waals surface area contributed by atoms with Crippen LogP contribution in [-0.2, 0) is 17.9 Å². The SMILES string of the molecule is Cc1cccc2cc3c(nc12)OCC(=O)N(Cc1ccccc1Cl)C3. The van der Waals surface area contributed by atoms with Gasteiger partial charge in [0.1, 0.15) is 0 Å². The van der Waals surface area contributed by atoms with E-state index in [2.05, 4.69) is 11.1 Å². The lowest BCUT2D eigenvalue weighted by Gasteiger charge is -2.20. The van der Waals surface area contributed by atoms with Crippen LogP contribution in [0.4, 0.5) is 0 Å². The molecule has 25 heavy (non-hydrogen) atoms. The fraction of sp³-hybridized carbons (Fsp3) is 0.200. The summed E-state index contributed by atoms with van der Waals surface area (Å²) in [5.41, 5.74) is 3.84. The summed E-state index contributed by atoms with van der Waals surface area (Å²) < 4.78 is 5.69. The largest absolute Gasteiger partial charge is 0.467 e. The first-order chi connectivity index (χ1) is 12.1. The molecule has 2 heterocycles. The summed E-state index contributed by atoms with van der Waals surface area (Å²) in [5, 5.41) is 1.71. The summed E-state index contributed by atoms with van der Waals surface area (Å²) >= 11 is 6.25. The van der Waals surface area contributed by atoms with Gasteiger partial charge in [-0.3, -0.25) is 4.79 Å². The van der Waals surface area contributed by atoms with Crippen molar-refractivity contribution in [1.82, 2.24) is 9.88 Å². The lowest BCUT2D eigenvalue weighted by Crippen LogP contribution is -2.31. The Morgan fingerprint density at radius 1 is 1.20 bits per heavy atom. The number of carbonyl (C=O) groups is 1. The zero-order valence-corrected chi connectivity index (χ0v) is 14.6. The highest BCUT2D eigenvalue weighted by Gasteiger charge is 2.23. The third-order valence-electron chi connectivity index (χ3n) is 4.45. The first-order valence-electron chi connectivity index (χ1n) is 8.15. The van der Waals surface area contributed by atoms with Crippen molar-refractivity contribution in [2.45, 2.75) is 20.0 Å². The van der Waals surface area contributed by atoms with Gasteiger partial charge < -0.3 is 9.64 Å². The second kappa shape index (κ2) is 6.37. The van der Waals surface area contributed by atoms with Crippen LogP contribution in [0.3, 0.4) is 0 Å². The summed E-state index contributed by atoms with van der Waals surface area (Å²) in [4.78, 5) is 18.9. The van der Waals surface area contributed by atoms with Crippen molar-refractivity contribution in [2.24, 2.45) is 0 Å². The molecular formula is C20H17ClN2O2. The van der Waals surface area contributed by atoms with Crippen LogP contribution in [0.2, 0.25) is 5.02 Å². The third-order valence-corrected chi connectivity index (χ3v) is 4.82. The van der Waals surface area contributed by atoms with E-state index in [1.807, 2.05) is 49.4 Å².